The van der Waals surface area contributed by atoms with Crippen molar-refractivity contribution in [3.05, 3.63) is 35.4 Å². The zero-order valence-corrected chi connectivity index (χ0v) is 25.2. The van der Waals surface area contributed by atoms with Gasteiger partial charge in [0.05, 0.1) is 29.6 Å². The number of hydrogen-bond donors (Lipinski definition) is 1. The van der Waals surface area contributed by atoms with E-state index in [1.165, 1.54) is 102 Å². The summed E-state index contributed by atoms with van der Waals surface area (Å²) in [6.45, 7) is 6.73. The summed E-state index contributed by atoms with van der Waals surface area (Å²) in [6.07, 6.45) is 25.1. The molecule has 37 heavy (non-hydrogen) atoms. The largest absolute Gasteiger partial charge is 0.478 e. The third-order valence-corrected chi connectivity index (χ3v) is 11.4. The standard InChI is InChI=1S/C32H55O4P/c1-4-7-10-13-16-21-26-37(27-22-17-14-11-8-5-2,28-23-18-15-12-9-6-3)36-32(35)30-25-20-19-24-29(30)31(33)34/h19-20,24-25H,4-18,21-23,26-28H2,1-3H3/p+1. The normalized spacial score (nSPS) is 11.5. The van der Waals surface area contributed by atoms with Crippen LogP contribution in [0.25, 0.3) is 0 Å². The van der Waals surface area contributed by atoms with E-state index in [4.69, 9.17) is 4.52 Å². The molecule has 1 N–H and O–H groups in total. The maximum Gasteiger partial charge on any atom is 0.381 e. The number of aromatic carboxylic acids is 1. The van der Waals surface area contributed by atoms with Crippen LogP contribution in [0.1, 0.15) is 157 Å². The van der Waals surface area contributed by atoms with Gasteiger partial charge in [0.2, 0.25) is 0 Å². The Morgan fingerprint density at radius 3 is 1.32 bits per heavy atom. The van der Waals surface area contributed by atoms with E-state index in [-0.39, 0.29) is 11.1 Å². The van der Waals surface area contributed by atoms with Crippen LogP contribution >= 0.6 is 7.49 Å². The third kappa shape index (κ3) is 14.9. The number of carbonyl (C=O) groups is 2. The lowest BCUT2D eigenvalue weighted by molar-refractivity contribution is 0.0671. The van der Waals surface area contributed by atoms with Crippen LogP contribution in [-0.4, -0.2) is 35.5 Å². The number of carbonyl (C=O) groups excluding carboxylic acids is 1. The first-order valence-corrected chi connectivity index (χ1v) is 17.7. The molecule has 5 heteroatoms. The fourth-order valence-electron chi connectivity index (χ4n) is 5.09. The van der Waals surface area contributed by atoms with E-state index in [2.05, 4.69) is 20.8 Å². The van der Waals surface area contributed by atoms with Crippen LogP contribution in [0, 0.1) is 0 Å². The Morgan fingerprint density at radius 1 is 0.595 bits per heavy atom. The van der Waals surface area contributed by atoms with Gasteiger partial charge in [-0.2, -0.15) is 0 Å². The number of hydrogen-bond acceptors (Lipinski definition) is 3. The van der Waals surface area contributed by atoms with Crippen molar-refractivity contribution in [2.24, 2.45) is 0 Å². The predicted molar refractivity (Wildman–Crippen MR) is 160 cm³/mol. The zero-order valence-electron chi connectivity index (χ0n) is 24.3. The molecule has 1 aromatic rings. The lowest BCUT2D eigenvalue weighted by atomic mass is 10.1. The Labute approximate surface area is 228 Å². The van der Waals surface area contributed by atoms with E-state index in [1.54, 1.807) is 18.2 Å². The molecule has 0 amide bonds. The van der Waals surface area contributed by atoms with Crippen LogP contribution in [0.2, 0.25) is 0 Å². The van der Waals surface area contributed by atoms with E-state index in [0.717, 1.165) is 37.7 Å². The summed E-state index contributed by atoms with van der Waals surface area (Å²) in [4.78, 5) is 25.2. The molecule has 1 rings (SSSR count). The Hall–Kier alpha value is -1.41. The molecule has 0 atom stereocenters. The monoisotopic (exact) mass is 535 g/mol. The van der Waals surface area contributed by atoms with Gasteiger partial charge in [0.15, 0.2) is 7.49 Å². The van der Waals surface area contributed by atoms with Gasteiger partial charge in [0.25, 0.3) is 0 Å². The van der Waals surface area contributed by atoms with E-state index < -0.39 is 19.4 Å². The van der Waals surface area contributed by atoms with Crippen molar-refractivity contribution in [2.45, 2.75) is 136 Å². The highest BCUT2D eigenvalue weighted by Gasteiger charge is 2.42. The molecule has 0 aliphatic rings. The summed E-state index contributed by atoms with van der Waals surface area (Å²) in [5.41, 5.74) is 0.248. The van der Waals surface area contributed by atoms with Gasteiger partial charge in [-0.05, 0) is 50.7 Å². The minimum Gasteiger partial charge on any atom is -0.478 e. The summed E-state index contributed by atoms with van der Waals surface area (Å²) in [7, 11) is -1.98. The molecule has 4 nitrogen and oxygen atoms in total. The highest BCUT2D eigenvalue weighted by atomic mass is 31.2. The van der Waals surface area contributed by atoms with Crippen LogP contribution in [0.15, 0.2) is 24.3 Å². The van der Waals surface area contributed by atoms with Crippen molar-refractivity contribution < 1.29 is 19.2 Å². The van der Waals surface area contributed by atoms with Crippen molar-refractivity contribution in [2.75, 3.05) is 18.5 Å². The van der Waals surface area contributed by atoms with Crippen LogP contribution in [-0.2, 0) is 4.52 Å². The molecular weight excluding hydrogens is 479 g/mol. The molecule has 0 spiro atoms. The SMILES string of the molecule is CCCCCCCC[P+](CCCCCCCC)(CCCCCCCC)OC(=O)c1ccccc1C(=O)O. The van der Waals surface area contributed by atoms with Gasteiger partial charge in [-0.15, -0.1) is 0 Å². The Bertz CT molecular complexity index is 692. The molecule has 0 aromatic heterocycles. The summed E-state index contributed by atoms with van der Waals surface area (Å²) in [5, 5.41) is 9.65. The molecule has 0 aliphatic carbocycles. The Kier molecular flexibility index (Phi) is 19.5. The minimum absolute atomic E-state index is 0.0456. The second kappa shape index (κ2) is 21.5. The molecular formula is C32H56O4P+. The van der Waals surface area contributed by atoms with Gasteiger partial charge >= 0.3 is 11.9 Å². The Balaban J connectivity index is 2.99. The van der Waals surface area contributed by atoms with Crippen molar-refractivity contribution in [1.82, 2.24) is 0 Å². The smallest absolute Gasteiger partial charge is 0.381 e. The topological polar surface area (TPSA) is 63.6 Å². The van der Waals surface area contributed by atoms with Gasteiger partial charge in [-0.1, -0.05) is 110 Å². The second-order valence-electron chi connectivity index (χ2n) is 10.8. The number of carboxylic acids is 1. The summed E-state index contributed by atoms with van der Waals surface area (Å²) < 4.78 is 6.51. The van der Waals surface area contributed by atoms with Gasteiger partial charge < -0.3 is 9.63 Å². The summed E-state index contributed by atoms with van der Waals surface area (Å²) in [6, 6.07) is 6.53. The highest BCUT2D eigenvalue weighted by Crippen LogP contribution is 2.62. The first kappa shape index (κ1) is 33.6. The minimum atomic E-state index is -1.98. The van der Waals surface area contributed by atoms with E-state index in [0.29, 0.717) is 0 Å². The van der Waals surface area contributed by atoms with E-state index in [9.17, 15) is 14.7 Å². The molecule has 0 aliphatic heterocycles. The van der Waals surface area contributed by atoms with Crippen molar-refractivity contribution >= 4 is 19.4 Å². The van der Waals surface area contributed by atoms with Gasteiger partial charge in [0.1, 0.15) is 0 Å². The van der Waals surface area contributed by atoms with E-state index in [1.807, 2.05) is 0 Å². The maximum atomic E-state index is 13.4. The lowest BCUT2D eigenvalue weighted by Crippen LogP contribution is -2.18. The molecule has 0 bridgehead atoms. The average Bonchev–Trinajstić information content (AvgIpc) is 2.90. The number of unbranched alkanes of at least 4 members (excludes halogenated alkanes) is 15. The van der Waals surface area contributed by atoms with Crippen LogP contribution < -0.4 is 0 Å². The van der Waals surface area contributed by atoms with Crippen LogP contribution in [0.3, 0.4) is 0 Å². The second-order valence-corrected chi connectivity index (χ2v) is 14.4. The van der Waals surface area contributed by atoms with Crippen LogP contribution in [0.4, 0.5) is 0 Å². The van der Waals surface area contributed by atoms with Gasteiger partial charge in [-0.25, -0.2) is 9.59 Å². The number of benzene rings is 1. The molecule has 212 valence electrons. The first-order valence-electron chi connectivity index (χ1n) is 15.4. The van der Waals surface area contributed by atoms with Gasteiger partial charge in [0, 0.05) is 0 Å². The first-order chi connectivity index (χ1) is 18.0. The number of rotatable bonds is 24. The number of carboxylic acid groups (broad SMARTS) is 1. The molecule has 0 unspecified atom stereocenters. The molecule has 0 fully saturated rings. The maximum absolute atomic E-state index is 13.4. The molecule has 1 aromatic carbocycles. The highest BCUT2D eigenvalue weighted by molar-refractivity contribution is 7.71. The van der Waals surface area contributed by atoms with Crippen molar-refractivity contribution in [3.63, 3.8) is 0 Å². The lowest BCUT2D eigenvalue weighted by Gasteiger charge is -2.26. The zero-order chi connectivity index (χ0) is 27.2. The van der Waals surface area contributed by atoms with Crippen molar-refractivity contribution in [3.8, 4) is 0 Å². The summed E-state index contributed by atoms with van der Waals surface area (Å²) >= 11 is 0. The quantitative estimate of drug-likeness (QED) is 0.106. The van der Waals surface area contributed by atoms with Crippen molar-refractivity contribution in [1.29, 1.82) is 0 Å². The van der Waals surface area contributed by atoms with Gasteiger partial charge in [-0.3, -0.25) is 0 Å². The molecule has 0 saturated carbocycles. The molecule has 0 heterocycles. The summed E-state index contributed by atoms with van der Waals surface area (Å²) in [5.74, 6) is -1.49. The fourth-order valence-corrected chi connectivity index (χ4v) is 8.88. The Morgan fingerprint density at radius 2 is 0.946 bits per heavy atom. The molecule has 0 saturated heterocycles. The fraction of sp³-hybridized carbons (Fsp3) is 0.750. The molecule has 0 radical (unpaired) electrons. The third-order valence-electron chi connectivity index (χ3n) is 7.41. The predicted octanol–water partition coefficient (Wildman–Crippen LogP) is 10.6. The van der Waals surface area contributed by atoms with E-state index >= 15 is 0 Å². The average molecular weight is 536 g/mol. The van der Waals surface area contributed by atoms with Crippen LogP contribution in [0.5, 0.6) is 0 Å².